The second-order valence-corrected chi connectivity index (χ2v) is 5.73. The number of halogens is 1. The predicted octanol–water partition coefficient (Wildman–Crippen LogP) is 3.53. The van der Waals surface area contributed by atoms with Crippen molar-refractivity contribution in [2.24, 2.45) is 0 Å². The number of hydrogen-bond acceptors (Lipinski definition) is 4. The van der Waals surface area contributed by atoms with Crippen molar-refractivity contribution in [1.29, 1.82) is 0 Å². The van der Waals surface area contributed by atoms with E-state index in [0.717, 1.165) is 4.88 Å². The molecule has 7 heteroatoms. The van der Waals surface area contributed by atoms with Gasteiger partial charge in [-0.15, -0.1) is 11.3 Å². The maximum Gasteiger partial charge on any atom is 0.319 e. The van der Waals surface area contributed by atoms with E-state index in [2.05, 4.69) is 10.6 Å². The highest BCUT2D eigenvalue weighted by atomic mass is 32.1. The Kier molecular flexibility index (Phi) is 6.37. The molecule has 1 aromatic carbocycles. The summed E-state index contributed by atoms with van der Waals surface area (Å²) >= 11 is 1.50. The van der Waals surface area contributed by atoms with Gasteiger partial charge in [0.15, 0.2) is 0 Å². The van der Waals surface area contributed by atoms with Gasteiger partial charge in [-0.3, -0.25) is 0 Å². The number of urea groups is 1. The fourth-order valence-electron chi connectivity index (χ4n) is 2.10. The largest absolute Gasteiger partial charge is 0.492 e. The smallest absolute Gasteiger partial charge is 0.319 e. The molecule has 5 nitrogen and oxygen atoms in total. The standard InChI is InChI=1S/C16H19FN2O3S/c1-2-22-14-10-11(17)5-6-12(14)18-16(21)19-13(7-8-20)15-4-3-9-23-15/h3-6,9-10,13,20H,2,7-8H2,1H3,(H2,18,19,21)/t13-/m0/s1. The topological polar surface area (TPSA) is 70.6 Å². The van der Waals surface area contributed by atoms with Gasteiger partial charge in [0.1, 0.15) is 11.6 Å². The van der Waals surface area contributed by atoms with Crippen LogP contribution in [0.25, 0.3) is 0 Å². The van der Waals surface area contributed by atoms with Crippen LogP contribution in [0.5, 0.6) is 5.75 Å². The number of amides is 2. The number of anilines is 1. The van der Waals surface area contributed by atoms with Crippen molar-refractivity contribution < 1.29 is 19.0 Å². The summed E-state index contributed by atoms with van der Waals surface area (Å²) in [6, 6.07) is 6.99. The number of rotatable bonds is 7. The van der Waals surface area contributed by atoms with Crippen LogP contribution in [0.1, 0.15) is 24.3 Å². The van der Waals surface area contributed by atoms with E-state index in [1.807, 2.05) is 17.5 Å². The fraction of sp³-hybridized carbons (Fsp3) is 0.312. The highest BCUT2D eigenvalue weighted by Crippen LogP contribution is 2.26. The number of nitrogens with one attached hydrogen (secondary N) is 2. The Balaban J connectivity index is 2.06. The molecule has 1 aromatic heterocycles. The van der Waals surface area contributed by atoms with Crippen LogP contribution >= 0.6 is 11.3 Å². The lowest BCUT2D eigenvalue weighted by molar-refractivity contribution is 0.239. The van der Waals surface area contributed by atoms with Crippen LogP contribution in [0.15, 0.2) is 35.7 Å². The molecule has 23 heavy (non-hydrogen) atoms. The Morgan fingerprint density at radius 2 is 2.26 bits per heavy atom. The highest BCUT2D eigenvalue weighted by Gasteiger charge is 2.16. The van der Waals surface area contributed by atoms with Crippen molar-refractivity contribution in [2.75, 3.05) is 18.5 Å². The number of hydrogen-bond donors (Lipinski definition) is 3. The number of thiophene rings is 1. The molecule has 0 bridgehead atoms. The van der Waals surface area contributed by atoms with Crippen LogP contribution in [0.2, 0.25) is 0 Å². The average molecular weight is 338 g/mol. The summed E-state index contributed by atoms with van der Waals surface area (Å²) in [5.41, 5.74) is 0.389. The van der Waals surface area contributed by atoms with Gasteiger partial charge in [0.05, 0.1) is 18.3 Å². The molecule has 0 fully saturated rings. The zero-order valence-electron chi connectivity index (χ0n) is 12.7. The van der Waals surface area contributed by atoms with Gasteiger partial charge in [0.2, 0.25) is 0 Å². The number of ether oxygens (including phenoxy) is 1. The molecule has 0 aliphatic heterocycles. The second kappa shape index (κ2) is 8.50. The molecule has 1 heterocycles. The van der Waals surface area contributed by atoms with Crippen molar-refractivity contribution in [3.05, 3.63) is 46.4 Å². The Morgan fingerprint density at radius 1 is 1.43 bits per heavy atom. The lowest BCUT2D eigenvalue weighted by Crippen LogP contribution is -2.32. The minimum absolute atomic E-state index is 0.0381. The number of carbonyl (C=O) groups excluding carboxylic acids is 1. The first-order valence-corrected chi connectivity index (χ1v) is 8.16. The highest BCUT2D eigenvalue weighted by molar-refractivity contribution is 7.10. The first-order chi connectivity index (χ1) is 11.1. The van der Waals surface area contributed by atoms with Crippen LogP contribution < -0.4 is 15.4 Å². The second-order valence-electron chi connectivity index (χ2n) is 4.75. The number of aliphatic hydroxyl groups excluding tert-OH is 1. The van der Waals surface area contributed by atoms with Gasteiger partial charge in [-0.05, 0) is 36.9 Å². The van der Waals surface area contributed by atoms with Crippen LogP contribution in [0, 0.1) is 5.82 Å². The van der Waals surface area contributed by atoms with Crippen LogP contribution in [-0.4, -0.2) is 24.4 Å². The Labute approximate surface area is 138 Å². The summed E-state index contributed by atoms with van der Waals surface area (Å²) in [6.45, 7) is 2.11. The Bertz CT molecular complexity index is 634. The molecule has 124 valence electrons. The maximum absolute atomic E-state index is 13.3. The lowest BCUT2D eigenvalue weighted by Gasteiger charge is -2.18. The molecule has 0 radical (unpaired) electrons. The molecule has 2 rings (SSSR count). The SMILES string of the molecule is CCOc1cc(F)ccc1NC(=O)N[C@@H](CCO)c1cccs1. The van der Waals surface area contributed by atoms with Gasteiger partial charge in [-0.25, -0.2) is 9.18 Å². The third kappa shape index (κ3) is 4.94. The minimum Gasteiger partial charge on any atom is -0.492 e. The zero-order chi connectivity index (χ0) is 16.7. The molecule has 0 aliphatic rings. The monoisotopic (exact) mass is 338 g/mol. The quantitative estimate of drug-likeness (QED) is 0.723. The molecular weight excluding hydrogens is 319 g/mol. The van der Waals surface area contributed by atoms with Crippen molar-refractivity contribution in [3.63, 3.8) is 0 Å². The fourth-order valence-corrected chi connectivity index (χ4v) is 2.91. The summed E-state index contributed by atoms with van der Waals surface area (Å²) < 4.78 is 18.6. The normalized spacial score (nSPS) is 11.8. The summed E-state index contributed by atoms with van der Waals surface area (Å²) in [5, 5.41) is 16.5. The van der Waals surface area contributed by atoms with Crippen molar-refractivity contribution in [2.45, 2.75) is 19.4 Å². The van der Waals surface area contributed by atoms with Crippen molar-refractivity contribution in [3.8, 4) is 5.75 Å². The minimum atomic E-state index is -0.440. The molecule has 2 aromatic rings. The van der Waals surface area contributed by atoms with Gasteiger partial charge >= 0.3 is 6.03 Å². The maximum atomic E-state index is 13.3. The zero-order valence-corrected chi connectivity index (χ0v) is 13.5. The van der Waals surface area contributed by atoms with E-state index in [4.69, 9.17) is 9.84 Å². The number of carbonyl (C=O) groups is 1. The predicted molar refractivity (Wildman–Crippen MR) is 88.5 cm³/mol. The van der Waals surface area contributed by atoms with Gasteiger partial charge in [-0.2, -0.15) is 0 Å². The number of benzene rings is 1. The van der Waals surface area contributed by atoms with E-state index >= 15 is 0 Å². The first-order valence-electron chi connectivity index (χ1n) is 7.28. The van der Waals surface area contributed by atoms with E-state index in [1.54, 1.807) is 6.92 Å². The van der Waals surface area contributed by atoms with Crippen LogP contribution in [-0.2, 0) is 0 Å². The summed E-state index contributed by atoms with van der Waals surface area (Å²) in [7, 11) is 0. The van der Waals surface area contributed by atoms with Crippen LogP contribution in [0.4, 0.5) is 14.9 Å². The Hall–Kier alpha value is -2.12. The molecule has 0 aliphatic carbocycles. The third-order valence-corrected chi connectivity index (χ3v) is 4.09. The molecular formula is C16H19FN2O3S. The van der Waals surface area contributed by atoms with Gasteiger partial charge < -0.3 is 20.5 Å². The van der Waals surface area contributed by atoms with Gasteiger partial charge in [-0.1, -0.05) is 6.07 Å². The third-order valence-electron chi connectivity index (χ3n) is 3.10. The van der Waals surface area contributed by atoms with Gasteiger partial charge in [0.25, 0.3) is 0 Å². The molecule has 0 spiro atoms. The molecule has 0 saturated heterocycles. The van der Waals surface area contributed by atoms with E-state index in [0.29, 0.717) is 18.7 Å². The molecule has 3 N–H and O–H groups in total. The van der Waals surface area contributed by atoms with Gasteiger partial charge in [0, 0.05) is 17.6 Å². The first kappa shape index (κ1) is 17.2. The summed E-state index contributed by atoms with van der Waals surface area (Å²) in [6.07, 6.45) is 0.412. The van der Waals surface area contributed by atoms with E-state index in [9.17, 15) is 9.18 Å². The van der Waals surface area contributed by atoms with Crippen molar-refractivity contribution >= 4 is 23.1 Å². The summed E-state index contributed by atoms with van der Waals surface area (Å²) in [5.74, 6) is -0.159. The molecule has 0 saturated carbocycles. The van der Waals surface area contributed by atoms with Crippen molar-refractivity contribution in [1.82, 2.24) is 5.32 Å². The molecule has 0 unspecified atom stereocenters. The van der Waals surface area contributed by atoms with E-state index in [-0.39, 0.29) is 18.4 Å². The summed E-state index contributed by atoms with van der Waals surface area (Å²) in [4.78, 5) is 13.1. The van der Waals surface area contributed by atoms with E-state index < -0.39 is 11.8 Å². The van der Waals surface area contributed by atoms with E-state index in [1.165, 1.54) is 29.5 Å². The van der Waals surface area contributed by atoms with Crippen LogP contribution in [0.3, 0.4) is 0 Å². The average Bonchev–Trinajstić information content (AvgIpc) is 3.04. The molecule has 2 amide bonds. The lowest BCUT2D eigenvalue weighted by atomic mass is 10.2. The Morgan fingerprint density at radius 3 is 2.91 bits per heavy atom. The number of aliphatic hydroxyl groups is 1. The molecule has 1 atom stereocenters.